The molecule has 32 heavy (non-hydrogen) atoms. The summed E-state index contributed by atoms with van der Waals surface area (Å²) in [6.07, 6.45) is 5.86. The highest BCUT2D eigenvalue weighted by molar-refractivity contribution is 6.30. The number of nitrogens with zero attached hydrogens (tertiary/aromatic N) is 5. The van der Waals surface area contributed by atoms with Gasteiger partial charge in [0, 0.05) is 42.8 Å². The predicted octanol–water partition coefficient (Wildman–Crippen LogP) is 3.82. The van der Waals surface area contributed by atoms with Gasteiger partial charge in [-0.15, -0.1) is 0 Å². The van der Waals surface area contributed by atoms with E-state index in [9.17, 15) is 4.79 Å². The Morgan fingerprint density at radius 1 is 1.06 bits per heavy atom. The molecule has 1 aromatic carbocycles. The van der Waals surface area contributed by atoms with Crippen LogP contribution in [0.1, 0.15) is 41.8 Å². The van der Waals surface area contributed by atoms with Gasteiger partial charge in [0.2, 0.25) is 5.91 Å². The van der Waals surface area contributed by atoms with Crippen molar-refractivity contribution in [3.8, 4) is 5.82 Å². The first-order valence-electron chi connectivity index (χ1n) is 11.1. The van der Waals surface area contributed by atoms with Crippen molar-refractivity contribution in [3.05, 3.63) is 64.2 Å². The van der Waals surface area contributed by atoms with Crippen LogP contribution in [-0.4, -0.2) is 45.3 Å². The first kappa shape index (κ1) is 22.3. The highest BCUT2D eigenvalue weighted by atomic mass is 35.5. The number of benzene rings is 1. The molecule has 0 radical (unpaired) electrons. The van der Waals surface area contributed by atoms with Crippen LogP contribution in [0.5, 0.6) is 0 Å². The molecule has 4 rings (SSSR count). The summed E-state index contributed by atoms with van der Waals surface area (Å²) in [5.74, 6) is 1.76. The number of carbonyl (C=O) groups is 1. The summed E-state index contributed by atoms with van der Waals surface area (Å²) >= 11 is 5.91. The van der Waals surface area contributed by atoms with Crippen LogP contribution in [0.2, 0.25) is 5.02 Å². The van der Waals surface area contributed by atoms with Gasteiger partial charge in [0.15, 0.2) is 5.82 Å². The third-order valence-corrected chi connectivity index (χ3v) is 6.23. The van der Waals surface area contributed by atoms with Crippen LogP contribution in [-0.2, 0) is 17.6 Å². The predicted molar refractivity (Wildman–Crippen MR) is 127 cm³/mol. The molecule has 1 aliphatic heterocycles. The number of aromatic nitrogens is 4. The highest BCUT2D eigenvalue weighted by Crippen LogP contribution is 2.22. The first-order valence-corrected chi connectivity index (χ1v) is 11.5. The quantitative estimate of drug-likeness (QED) is 0.562. The van der Waals surface area contributed by atoms with E-state index in [-0.39, 0.29) is 5.91 Å². The van der Waals surface area contributed by atoms with Crippen LogP contribution in [0, 0.1) is 13.8 Å². The van der Waals surface area contributed by atoms with Gasteiger partial charge in [-0.3, -0.25) is 4.79 Å². The lowest BCUT2D eigenvalue weighted by Gasteiger charge is -2.16. The molecule has 1 fully saturated rings. The molecule has 0 atom stereocenters. The van der Waals surface area contributed by atoms with Crippen LogP contribution < -0.4 is 10.2 Å². The maximum atomic E-state index is 12.4. The molecule has 1 saturated heterocycles. The lowest BCUT2D eigenvalue weighted by atomic mass is 10.1. The zero-order chi connectivity index (χ0) is 22.5. The number of carbonyl (C=O) groups excluding carboxylic acids is 1. The largest absolute Gasteiger partial charge is 0.356 e. The number of nitrogens with one attached hydrogen (secondary N) is 1. The maximum absolute atomic E-state index is 12.4. The third-order valence-electron chi connectivity index (χ3n) is 5.98. The summed E-state index contributed by atoms with van der Waals surface area (Å²) < 4.78 is 1.87. The average molecular weight is 453 g/mol. The molecule has 0 spiro atoms. The first-order chi connectivity index (χ1) is 15.5. The van der Waals surface area contributed by atoms with Crippen LogP contribution in [0.3, 0.4) is 0 Å². The summed E-state index contributed by atoms with van der Waals surface area (Å²) in [5.41, 5.74) is 4.19. The van der Waals surface area contributed by atoms with E-state index >= 15 is 0 Å². The average Bonchev–Trinajstić information content (AvgIpc) is 3.43. The highest BCUT2D eigenvalue weighted by Gasteiger charge is 2.18. The lowest BCUT2D eigenvalue weighted by molar-refractivity contribution is -0.121. The number of anilines is 1. The molecule has 168 valence electrons. The topological polar surface area (TPSA) is 75.9 Å². The molecule has 0 aliphatic carbocycles. The van der Waals surface area contributed by atoms with Crippen LogP contribution in [0.25, 0.3) is 5.82 Å². The Hall–Kier alpha value is -2.93. The van der Waals surface area contributed by atoms with Gasteiger partial charge < -0.3 is 10.2 Å². The summed E-state index contributed by atoms with van der Waals surface area (Å²) in [5, 5.41) is 8.43. The number of rotatable bonds is 8. The molecule has 2 aromatic heterocycles. The molecule has 0 unspecified atom stereocenters. The van der Waals surface area contributed by atoms with E-state index in [1.54, 1.807) is 6.33 Å². The molecule has 1 N–H and O–H groups in total. The van der Waals surface area contributed by atoms with Crippen molar-refractivity contribution in [2.45, 2.75) is 46.0 Å². The minimum atomic E-state index is 0.0452. The minimum absolute atomic E-state index is 0.0452. The van der Waals surface area contributed by atoms with Gasteiger partial charge in [-0.1, -0.05) is 23.7 Å². The van der Waals surface area contributed by atoms with Gasteiger partial charge in [0.25, 0.3) is 0 Å². The fourth-order valence-corrected chi connectivity index (χ4v) is 4.28. The van der Waals surface area contributed by atoms with E-state index in [0.717, 1.165) is 58.7 Å². The van der Waals surface area contributed by atoms with Crippen molar-refractivity contribution < 1.29 is 4.79 Å². The summed E-state index contributed by atoms with van der Waals surface area (Å²) in [4.78, 5) is 23.5. The third kappa shape index (κ3) is 5.27. The van der Waals surface area contributed by atoms with Crippen LogP contribution in [0.4, 0.5) is 5.82 Å². The SMILES string of the molecule is Cc1nn(-c2cc(N3CCCC3)ncn2)c(C)c1CCC(=O)NCCc1ccc(Cl)cc1. The maximum Gasteiger partial charge on any atom is 0.220 e. The second-order valence-electron chi connectivity index (χ2n) is 8.22. The molecule has 1 aliphatic rings. The van der Waals surface area contributed by atoms with Gasteiger partial charge >= 0.3 is 0 Å². The van der Waals surface area contributed by atoms with Gasteiger partial charge in [-0.25, -0.2) is 14.6 Å². The number of aryl methyl sites for hydroxylation is 1. The number of halogens is 1. The Morgan fingerprint density at radius 2 is 1.78 bits per heavy atom. The van der Waals surface area contributed by atoms with E-state index in [1.807, 2.05) is 48.9 Å². The molecular formula is C24H29ClN6O. The lowest BCUT2D eigenvalue weighted by Crippen LogP contribution is -2.26. The standard InChI is InChI=1S/C24H29ClN6O/c1-17-21(9-10-24(32)26-12-11-19-5-7-20(25)8-6-19)18(2)31(29-17)23-15-22(27-16-28-23)30-13-3-4-14-30/h5-8,15-16H,3-4,9-14H2,1-2H3,(H,26,32). The molecule has 3 heterocycles. The number of amides is 1. The monoisotopic (exact) mass is 452 g/mol. The van der Waals surface area contributed by atoms with E-state index in [2.05, 4.69) is 20.2 Å². The van der Waals surface area contributed by atoms with Gasteiger partial charge in [-0.05, 0) is 62.8 Å². The summed E-state index contributed by atoms with van der Waals surface area (Å²) in [6.45, 7) is 6.70. The second kappa shape index (κ2) is 10.1. The Labute approximate surface area is 193 Å². The van der Waals surface area contributed by atoms with Gasteiger partial charge in [0.1, 0.15) is 12.1 Å². The normalized spacial score (nSPS) is 13.5. The Kier molecular flexibility index (Phi) is 7.05. The van der Waals surface area contributed by atoms with Crippen molar-refractivity contribution in [1.29, 1.82) is 0 Å². The van der Waals surface area contributed by atoms with E-state index in [1.165, 1.54) is 12.8 Å². The van der Waals surface area contributed by atoms with Crippen molar-refractivity contribution in [3.63, 3.8) is 0 Å². The fourth-order valence-electron chi connectivity index (χ4n) is 4.16. The Morgan fingerprint density at radius 3 is 2.53 bits per heavy atom. The summed E-state index contributed by atoms with van der Waals surface area (Å²) in [7, 11) is 0. The number of hydrogen-bond acceptors (Lipinski definition) is 5. The zero-order valence-corrected chi connectivity index (χ0v) is 19.4. The molecule has 1 amide bonds. The minimum Gasteiger partial charge on any atom is -0.356 e. The van der Waals surface area contributed by atoms with E-state index in [0.29, 0.717) is 19.4 Å². The smallest absolute Gasteiger partial charge is 0.220 e. The zero-order valence-electron chi connectivity index (χ0n) is 18.6. The molecule has 0 saturated carbocycles. The van der Waals surface area contributed by atoms with Gasteiger partial charge in [-0.2, -0.15) is 5.10 Å². The Bertz CT molecular complexity index is 1070. The molecule has 3 aromatic rings. The van der Waals surface area contributed by atoms with Crippen LogP contribution >= 0.6 is 11.6 Å². The fraction of sp³-hybridized carbons (Fsp3) is 0.417. The Balaban J connectivity index is 1.35. The second-order valence-corrected chi connectivity index (χ2v) is 8.65. The molecular weight excluding hydrogens is 424 g/mol. The molecule has 8 heteroatoms. The van der Waals surface area contributed by atoms with Crippen molar-refractivity contribution in [2.75, 3.05) is 24.5 Å². The van der Waals surface area contributed by atoms with Crippen molar-refractivity contribution in [2.24, 2.45) is 0 Å². The molecule has 0 bridgehead atoms. The van der Waals surface area contributed by atoms with Gasteiger partial charge in [0.05, 0.1) is 5.69 Å². The molecule has 7 nitrogen and oxygen atoms in total. The van der Waals surface area contributed by atoms with Crippen molar-refractivity contribution in [1.82, 2.24) is 25.1 Å². The van der Waals surface area contributed by atoms with E-state index in [4.69, 9.17) is 16.7 Å². The number of hydrogen-bond donors (Lipinski definition) is 1. The summed E-state index contributed by atoms with van der Waals surface area (Å²) in [6, 6.07) is 9.70. The van der Waals surface area contributed by atoms with Crippen molar-refractivity contribution >= 4 is 23.3 Å². The van der Waals surface area contributed by atoms with E-state index < -0.39 is 0 Å². The van der Waals surface area contributed by atoms with Crippen LogP contribution in [0.15, 0.2) is 36.7 Å².